The van der Waals surface area contributed by atoms with Crippen molar-refractivity contribution in [3.8, 4) is 23.0 Å². The Balaban J connectivity index is 0.00000500. The van der Waals surface area contributed by atoms with Crippen molar-refractivity contribution in [1.82, 2.24) is 9.88 Å². The predicted molar refractivity (Wildman–Crippen MR) is 182 cm³/mol. The molecule has 252 valence electrons. The first-order chi connectivity index (χ1) is 22.3. The molecule has 1 aliphatic rings. The molecule has 9 heteroatoms. The number of hydrogen-bond donors (Lipinski definition) is 0. The molecule has 0 N–H and O–H groups in total. The quantitative estimate of drug-likeness (QED) is 0.145. The van der Waals surface area contributed by atoms with Gasteiger partial charge in [-0.2, -0.15) is 0 Å². The summed E-state index contributed by atoms with van der Waals surface area (Å²) in [7, 11) is 3.22. The fraction of sp³-hybridized carbons (Fsp3) is 0.421. The van der Waals surface area contributed by atoms with Crippen molar-refractivity contribution in [2.24, 2.45) is 0 Å². The Labute approximate surface area is 290 Å². The third-order valence-electron chi connectivity index (χ3n) is 9.14. The van der Waals surface area contributed by atoms with E-state index < -0.39 is 0 Å². The van der Waals surface area contributed by atoms with E-state index in [0.29, 0.717) is 54.8 Å². The summed E-state index contributed by atoms with van der Waals surface area (Å²) < 4.78 is 23.9. The van der Waals surface area contributed by atoms with Crippen LogP contribution in [0.1, 0.15) is 59.4 Å². The average Bonchev–Trinajstić information content (AvgIpc) is 3.07. The maximum Gasteiger partial charge on any atom is 0.272 e. The average molecular weight is 707 g/mol. The molecule has 0 saturated carbocycles. The van der Waals surface area contributed by atoms with Gasteiger partial charge in [-0.05, 0) is 70.4 Å². The number of carbonyl (C=O) groups excluding carboxylic acids is 1. The molecule has 2 heterocycles. The third kappa shape index (κ3) is 8.56. The van der Waals surface area contributed by atoms with Crippen LogP contribution in [0.2, 0.25) is 0 Å². The smallest absolute Gasteiger partial charge is 0.272 e. The number of benzene rings is 3. The molecule has 1 aromatic heterocycles. The lowest BCUT2D eigenvalue weighted by atomic mass is 10.1. The van der Waals surface area contributed by atoms with Crippen LogP contribution in [0.15, 0.2) is 60.7 Å². The maximum atomic E-state index is 14.3. The van der Waals surface area contributed by atoms with E-state index in [0.717, 1.165) is 60.2 Å². The Morgan fingerprint density at radius 1 is 0.851 bits per heavy atom. The molecule has 0 aliphatic carbocycles. The van der Waals surface area contributed by atoms with Crippen LogP contribution in [0.4, 0.5) is 0 Å². The molecule has 0 unspecified atom stereocenters. The van der Waals surface area contributed by atoms with E-state index in [1.165, 1.54) is 16.7 Å². The van der Waals surface area contributed by atoms with Crippen molar-refractivity contribution in [1.29, 1.82) is 0 Å². The molecule has 0 bridgehead atoms. The Morgan fingerprint density at radius 2 is 1.55 bits per heavy atom. The first-order valence-corrected chi connectivity index (χ1v) is 16.4. The van der Waals surface area contributed by atoms with E-state index >= 15 is 0 Å². The van der Waals surface area contributed by atoms with Gasteiger partial charge in [-0.25, -0.2) is 4.98 Å². The molecule has 47 heavy (non-hydrogen) atoms. The lowest BCUT2D eigenvalue weighted by molar-refractivity contribution is -0.938. The summed E-state index contributed by atoms with van der Waals surface area (Å²) in [5.74, 6) is 2.48. The molecule has 3 aromatic carbocycles. The van der Waals surface area contributed by atoms with Gasteiger partial charge in [-0.15, -0.1) is 0 Å². The summed E-state index contributed by atoms with van der Waals surface area (Å²) in [6.07, 6.45) is 1.87. The van der Waals surface area contributed by atoms with Crippen LogP contribution >= 0.6 is 0 Å². The number of quaternary nitrogens is 1. The van der Waals surface area contributed by atoms with Crippen LogP contribution < -0.4 is 35.9 Å². The van der Waals surface area contributed by atoms with Gasteiger partial charge >= 0.3 is 0 Å². The number of ether oxygens (including phenoxy) is 4. The number of aryl methyl sites for hydroxylation is 2. The Hall–Kier alpha value is -3.82. The predicted octanol–water partition coefficient (Wildman–Crippen LogP) is 4.12. The lowest BCUT2D eigenvalue weighted by Crippen LogP contribution is -3.00. The second-order valence-corrected chi connectivity index (χ2v) is 12.3. The van der Waals surface area contributed by atoms with E-state index in [-0.39, 0.29) is 22.9 Å². The molecule has 1 amide bonds. The summed E-state index contributed by atoms with van der Waals surface area (Å²) in [4.78, 5) is 21.0. The second kappa shape index (κ2) is 16.3. The van der Waals surface area contributed by atoms with Crippen molar-refractivity contribution in [3.05, 3.63) is 88.6 Å². The van der Waals surface area contributed by atoms with Gasteiger partial charge in [-0.3, -0.25) is 4.79 Å². The van der Waals surface area contributed by atoms with Gasteiger partial charge in [0.1, 0.15) is 42.5 Å². The lowest BCUT2D eigenvalue weighted by Gasteiger charge is -2.37. The number of hydrogen-bond acceptors (Lipinski definition) is 6. The van der Waals surface area contributed by atoms with Gasteiger partial charge in [-0.1, -0.05) is 41.5 Å². The Morgan fingerprint density at radius 3 is 2.23 bits per heavy atom. The summed E-state index contributed by atoms with van der Waals surface area (Å²) in [5.41, 5.74) is 5.92. The first-order valence-electron chi connectivity index (χ1n) is 16.4. The number of nitrogens with zero attached hydrogens (tertiary/aromatic N) is 3. The second-order valence-electron chi connectivity index (χ2n) is 12.3. The summed E-state index contributed by atoms with van der Waals surface area (Å²) >= 11 is 0. The van der Waals surface area contributed by atoms with Gasteiger partial charge in [0.15, 0.2) is 11.5 Å². The van der Waals surface area contributed by atoms with Gasteiger partial charge in [0, 0.05) is 30.1 Å². The SMILES string of the molecule is CC[N+](CC)(CCCCN(Cc1ccc2c(c1)OCCO2)C(=O)c1cc(OC)c2cccc(OC)c2n1)Cc1cc(C)cc(C)c1.[Br-]. The van der Waals surface area contributed by atoms with Gasteiger partial charge in [0.2, 0.25) is 0 Å². The highest BCUT2D eigenvalue weighted by Gasteiger charge is 2.26. The molecule has 0 fully saturated rings. The zero-order valence-electron chi connectivity index (χ0n) is 28.6. The minimum absolute atomic E-state index is 0. The van der Waals surface area contributed by atoms with Crippen LogP contribution in [-0.4, -0.2) is 73.9 Å². The van der Waals surface area contributed by atoms with Crippen molar-refractivity contribution >= 4 is 16.8 Å². The number of para-hydroxylation sites is 1. The summed E-state index contributed by atoms with van der Waals surface area (Å²) in [6.45, 7) is 15.2. The minimum atomic E-state index is -0.150. The van der Waals surface area contributed by atoms with Crippen molar-refractivity contribution in [2.45, 2.75) is 53.6 Å². The maximum absolute atomic E-state index is 14.3. The summed E-state index contributed by atoms with van der Waals surface area (Å²) in [6, 6.07) is 20.2. The van der Waals surface area contributed by atoms with E-state index in [4.69, 9.17) is 23.9 Å². The van der Waals surface area contributed by atoms with Crippen molar-refractivity contribution < 1.29 is 45.2 Å². The van der Waals surface area contributed by atoms with Crippen LogP contribution in [0.5, 0.6) is 23.0 Å². The standard InChI is InChI=1S/C38H48N3O5.BrH/c1-7-41(8-2,26-30-21-27(3)20-28(4)22-30)17-10-9-16-40(25-29-14-15-33-36(23-29)46-19-18-45-33)38(42)32-24-35(44-6)31-12-11-13-34(43-5)37(31)39-32;/h11-15,20-24H,7-10,16-19,25-26H2,1-6H3;1H/q+1;/p-1. The van der Waals surface area contributed by atoms with Crippen molar-refractivity contribution in [2.75, 3.05) is 53.6 Å². The number of carbonyl (C=O) groups is 1. The number of unbranched alkanes of at least 4 members (excludes halogenated alkanes) is 1. The van der Waals surface area contributed by atoms with Crippen LogP contribution in [0.3, 0.4) is 0 Å². The molecule has 0 saturated heterocycles. The fourth-order valence-electron chi connectivity index (χ4n) is 6.60. The number of pyridine rings is 1. The fourth-order valence-corrected chi connectivity index (χ4v) is 6.60. The molecule has 4 aromatic rings. The van der Waals surface area contributed by atoms with E-state index in [9.17, 15) is 4.79 Å². The molecular weight excluding hydrogens is 658 g/mol. The highest BCUT2D eigenvalue weighted by Crippen LogP contribution is 2.33. The van der Waals surface area contributed by atoms with Gasteiger partial charge < -0.3 is 45.3 Å². The molecule has 0 radical (unpaired) electrons. The monoisotopic (exact) mass is 705 g/mol. The topological polar surface area (TPSA) is 70.1 Å². The van der Waals surface area contributed by atoms with Crippen LogP contribution in [0.25, 0.3) is 10.9 Å². The number of amides is 1. The van der Waals surface area contributed by atoms with E-state index in [1.807, 2.05) is 41.3 Å². The minimum Gasteiger partial charge on any atom is -1.00 e. The molecule has 5 rings (SSSR count). The van der Waals surface area contributed by atoms with Gasteiger partial charge in [0.25, 0.3) is 5.91 Å². The number of fused-ring (bicyclic) bond motifs is 2. The number of rotatable bonds is 14. The summed E-state index contributed by atoms with van der Waals surface area (Å²) in [5, 5.41) is 0.800. The number of aromatic nitrogens is 1. The van der Waals surface area contributed by atoms with Gasteiger partial charge in [0.05, 0.1) is 33.9 Å². The largest absolute Gasteiger partial charge is 1.00 e. The van der Waals surface area contributed by atoms with Crippen molar-refractivity contribution in [3.63, 3.8) is 0 Å². The Kier molecular flexibility index (Phi) is 12.5. The third-order valence-corrected chi connectivity index (χ3v) is 9.14. The van der Waals surface area contributed by atoms with Crippen LogP contribution in [-0.2, 0) is 13.1 Å². The molecule has 8 nitrogen and oxygen atoms in total. The Bertz CT molecular complexity index is 1650. The highest BCUT2D eigenvalue weighted by atomic mass is 79.9. The highest BCUT2D eigenvalue weighted by molar-refractivity contribution is 5.98. The zero-order chi connectivity index (χ0) is 32.7. The molecule has 1 aliphatic heterocycles. The normalized spacial score (nSPS) is 12.4. The van der Waals surface area contributed by atoms with E-state index in [1.54, 1.807) is 20.3 Å². The molecular formula is C38H48BrN3O5. The van der Waals surface area contributed by atoms with E-state index in [2.05, 4.69) is 45.9 Å². The number of halogens is 1. The molecule has 0 atom stereocenters. The van der Waals surface area contributed by atoms with Crippen LogP contribution in [0, 0.1) is 13.8 Å². The number of methoxy groups -OCH3 is 2. The zero-order valence-corrected chi connectivity index (χ0v) is 30.2. The first kappa shape index (κ1) is 36.0. The molecule has 0 spiro atoms.